The Morgan fingerprint density at radius 2 is 1.93 bits per heavy atom. The Labute approximate surface area is 168 Å². The molecular weight excluding hydrogens is 372 g/mol. The highest BCUT2D eigenvalue weighted by atomic mass is 32.1. The van der Waals surface area contributed by atoms with Crippen LogP contribution in [0.5, 0.6) is 0 Å². The van der Waals surface area contributed by atoms with Crippen LogP contribution in [-0.4, -0.2) is 21.6 Å². The fraction of sp³-hybridized carbons (Fsp3) is 0.409. The van der Waals surface area contributed by atoms with Crippen molar-refractivity contribution in [3.8, 4) is 11.1 Å². The molecule has 1 saturated carbocycles. The SMILES string of the molecule is Cc1sc2ncn([C@H](C)C(=O)OC3CCCCC3)c(=O)c2c1-c1ccccc1. The number of hydrogen-bond donors (Lipinski definition) is 0. The Morgan fingerprint density at radius 1 is 1.21 bits per heavy atom. The molecular formula is C22H24N2O3S. The normalized spacial score (nSPS) is 16.2. The van der Waals surface area contributed by atoms with Crippen LogP contribution < -0.4 is 5.56 Å². The largest absolute Gasteiger partial charge is 0.461 e. The van der Waals surface area contributed by atoms with Crippen molar-refractivity contribution in [2.24, 2.45) is 0 Å². The molecule has 1 aliphatic rings. The monoisotopic (exact) mass is 396 g/mol. The summed E-state index contributed by atoms with van der Waals surface area (Å²) in [5.41, 5.74) is 1.70. The minimum atomic E-state index is -0.699. The van der Waals surface area contributed by atoms with Crippen molar-refractivity contribution in [3.05, 3.63) is 51.9 Å². The number of carbonyl (C=O) groups is 1. The average Bonchev–Trinajstić information content (AvgIpc) is 3.06. The quantitative estimate of drug-likeness (QED) is 0.590. The Balaban J connectivity index is 1.71. The lowest BCUT2D eigenvalue weighted by Crippen LogP contribution is -2.32. The second kappa shape index (κ2) is 7.87. The number of hydrogen-bond acceptors (Lipinski definition) is 5. The summed E-state index contributed by atoms with van der Waals surface area (Å²) < 4.78 is 7.08. The van der Waals surface area contributed by atoms with E-state index in [-0.39, 0.29) is 17.6 Å². The molecule has 28 heavy (non-hydrogen) atoms. The number of rotatable bonds is 4. The number of carbonyl (C=O) groups excluding carboxylic acids is 1. The number of esters is 1. The van der Waals surface area contributed by atoms with Crippen LogP contribution in [0.25, 0.3) is 21.3 Å². The van der Waals surface area contributed by atoms with Crippen LogP contribution >= 0.6 is 11.3 Å². The van der Waals surface area contributed by atoms with Gasteiger partial charge in [-0.1, -0.05) is 36.8 Å². The molecule has 0 N–H and O–H groups in total. The van der Waals surface area contributed by atoms with Gasteiger partial charge in [0.1, 0.15) is 17.0 Å². The summed E-state index contributed by atoms with van der Waals surface area (Å²) in [6, 6.07) is 9.15. The van der Waals surface area contributed by atoms with E-state index in [0.29, 0.717) is 10.2 Å². The average molecular weight is 397 g/mol. The van der Waals surface area contributed by atoms with Gasteiger partial charge in [0.25, 0.3) is 5.56 Å². The van der Waals surface area contributed by atoms with Gasteiger partial charge in [-0.05, 0) is 45.1 Å². The first-order chi connectivity index (χ1) is 13.6. The predicted octanol–water partition coefficient (Wildman–Crippen LogP) is 4.87. The van der Waals surface area contributed by atoms with Crippen LogP contribution in [0, 0.1) is 6.92 Å². The third kappa shape index (κ3) is 3.49. The fourth-order valence-corrected chi connectivity index (χ4v) is 4.91. The molecule has 1 atom stereocenters. The third-order valence-corrected chi connectivity index (χ3v) is 6.48. The molecule has 0 amide bonds. The van der Waals surface area contributed by atoms with E-state index in [1.807, 2.05) is 37.3 Å². The van der Waals surface area contributed by atoms with Gasteiger partial charge in [-0.3, -0.25) is 9.36 Å². The molecule has 0 unspecified atom stereocenters. The van der Waals surface area contributed by atoms with Crippen LogP contribution in [0.4, 0.5) is 0 Å². The lowest BCUT2D eigenvalue weighted by molar-refractivity contribution is -0.154. The highest BCUT2D eigenvalue weighted by Gasteiger charge is 2.25. The molecule has 1 fully saturated rings. The number of fused-ring (bicyclic) bond motifs is 1. The van der Waals surface area contributed by atoms with E-state index >= 15 is 0 Å². The Morgan fingerprint density at radius 3 is 2.64 bits per heavy atom. The van der Waals surface area contributed by atoms with Gasteiger partial charge in [-0.25, -0.2) is 9.78 Å². The molecule has 0 aliphatic heterocycles. The highest BCUT2D eigenvalue weighted by Crippen LogP contribution is 2.35. The van der Waals surface area contributed by atoms with Crippen LogP contribution in [0.15, 0.2) is 41.5 Å². The smallest absolute Gasteiger partial charge is 0.329 e. The number of aryl methyl sites for hydroxylation is 1. The van der Waals surface area contributed by atoms with Gasteiger partial charge < -0.3 is 4.74 Å². The van der Waals surface area contributed by atoms with E-state index in [2.05, 4.69) is 4.98 Å². The lowest BCUT2D eigenvalue weighted by Gasteiger charge is -2.24. The van der Waals surface area contributed by atoms with Crippen molar-refractivity contribution in [1.29, 1.82) is 0 Å². The van der Waals surface area contributed by atoms with Gasteiger partial charge in [0.2, 0.25) is 0 Å². The molecule has 5 nitrogen and oxygen atoms in total. The van der Waals surface area contributed by atoms with E-state index in [1.54, 1.807) is 6.92 Å². The summed E-state index contributed by atoms with van der Waals surface area (Å²) in [7, 11) is 0. The van der Waals surface area contributed by atoms with Crippen molar-refractivity contribution >= 4 is 27.5 Å². The summed E-state index contributed by atoms with van der Waals surface area (Å²) >= 11 is 1.50. The van der Waals surface area contributed by atoms with E-state index in [1.165, 1.54) is 28.7 Å². The molecule has 0 bridgehead atoms. The number of aromatic nitrogens is 2. The zero-order chi connectivity index (χ0) is 19.7. The zero-order valence-corrected chi connectivity index (χ0v) is 17.0. The van der Waals surface area contributed by atoms with Crippen molar-refractivity contribution in [1.82, 2.24) is 9.55 Å². The van der Waals surface area contributed by atoms with Crippen molar-refractivity contribution in [2.75, 3.05) is 0 Å². The van der Waals surface area contributed by atoms with Crippen LogP contribution in [-0.2, 0) is 9.53 Å². The van der Waals surface area contributed by atoms with Crippen LogP contribution in [0.1, 0.15) is 49.9 Å². The van der Waals surface area contributed by atoms with Gasteiger partial charge in [0, 0.05) is 10.4 Å². The molecule has 2 heterocycles. The second-order valence-electron chi connectivity index (χ2n) is 7.41. The van der Waals surface area contributed by atoms with Gasteiger partial charge in [0.15, 0.2) is 0 Å². The van der Waals surface area contributed by atoms with Gasteiger partial charge in [-0.2, -0.15) is 0 Å². The number of nitrogens with zero attached hydrogens (tertiary/aromatic N) is 2. The van der Waals surface area contributed by atoms with E-state index in [0.717, 1.165) is 41.7 Å². The van der Waals surface area contributed by atoms with Gasteiger partial charge >= 0.3 is 5.97 Å². The second-order valence-corrected chi connectivity index (χ2v) is 8.61. The first-order valence-corrected chi connectivity index (χ1v) is 10.6. The van der Waals surface area contributed by atoms with Gasteiger partial charge in [0.05, 0.1) is 11.7 Å². The summed E-state index contributed by atoms with van der Waals surface area (Å²) in [6.45, 7) is 3.71. The van der Waals surface area contributed by atoms with E-state index < -0.39 is 6.04 Å². The molecule has 1 aromatic carbocycles. The molecule has 2 aromatic heterocycles. The summed E-state index contributed by atoms with van der Waals surface area (Å²) in [5, 5.41) is 0.577. The number of ether oxygens (including phenoxy) is 1. The number of thiophene rings is 1. The Kier molecular flexibility index (Phi) is 5.31. The van der Waals surface area contributed by atoms with Crippen molar-refractivity contribution in [3.63, 3.8) is 0 Å². The molecule has 0 radical (unpaired) electrons. The molecule has 0 spiro atoms. The molecule has 146 valence electrons. The van der Waals surface area contributed by atoms with E-state index in [9.17, 15) is 9.59 Å². The Bertz CT molecular complexity index is 1050. The first-order valence-electron chi connectivity index (χ1n) is 9.82. The minimum Gasteiger partial charge on any atom is -0.461 e. The molecule has 6 heteroatoms. The van der Waals surface area contributed by atoms with Crippen molar-refractivity contribution < 1.29 is 9.53 Å². The molecule has 0 saturated heterocycles. The Hall–Kier alpha value is -2.47. The summed E-state index contributed by atoms with van der Waals surface area (Å²) in [6.07, 6.45) is 6.65. The summed E-state index contributed by atoms with van der Waals surface area (Å²) in [5.74, 6) is -0.358. The first kappa shape index (κ1) is 18.9. The molecule has 1 aliphatic carbocycles. The molecule has 4 rings (SSSR count). The third-order valence-electron chi connectivity index (χ3n) is 5.47. The topological polar surface area (TPSA) is 61.2 Å². The maximum absolute atomic E-state index is 13.3. The standard InChI is InChI=1S/C22H24N2O3S/c1-14(22(26)27-17-11-7-4-8-12-17)24-13-23-20-19(21(24)25)18(15(2)28-20)16-9-5-3-6-10-16/h3,5-6,9-10,13-14,17H,4,7-8,11-12H2,1-2H3/t14-/m1/s1. The van der Waals surface area contributed by atoms with E-state index in [4.69, 9.17) is 4.74 Å². The van der Waals surface area contributed by atoms with Crippen molar-refractivity contribution in [2.45, 2.75) is 58.1 Å². The highest BCUT2D eigenvalue weighted by molar-refractivity contribution is 7.19. The predicted molar refractivity (Wildman–Crippen MR) is 112 cm³/mol. The fourth-order valence-electron chi connectivity index (χ4n) is 3.90. The lowest BCUT2D eigenvalue weighted by atomic mass is 9.98. The summed E-state index contributed by atoms with van der Waals surface area (Å²) in [4.78, 5) is 32.2. The van der Waals surface area contributed by atoms with Crippen LogP contribution in [0.3, 0.4) is 0 Å². The molecule has 3 aromatic rings. The zero-order valence-electron chi connectivity index (χ0n) is 16.2. The maximum atomic E-state index is 13.3. The van der Waals surface area contributed by atoms with Gasteiger partial charge in [-0.15, -0.1) is 11.3 Å². The van der Waals surface area contributed by atoms with Crippen LogP contribution in [0.2, 0.25) is 0 Å². The maximum Gasteiger partial charge on any atom is 0.329 e. The minimum absolute atomic E-state index is 0.0284. The number of benzene rings is 1.